The van der Waals surface area contributed by atoms with Crippen LogP contribution in [-0.4, -0.2) is 24.4 Å². The predicted molar refractivity (Wildman–Crippen MR) is 172 cm³/mol. The summed E-state index contributed by atoms with van der Waals surface area (Å²) in [4.78, 5) is 23.6. The van der Waals surface area contributed by atoms with E-state index in [-0.39, 0.29) is 41.8 Å². The van der Waals surface area contributed by atoms with Crippen molar-refractivity contribution in [2.75, 3.05) is 0 Å². The summed E-state index contributed by atoms with van der Waals surface area (Å²) in [5, 5.41) is 0. The SMILES string of the molecule is CCCCCCC(C)OP(=O)([O-])OC(C)CCCCCC.CCCCCCC(C)OP(=O)([O-])OC(C)CCCCCC.[Cr+2]. The molecule has 0 saturated heterocycles. The Kier molecular flexibility index (Phi) is 35.1. The average molecular weight is 695 g/mol. The van der Waals surface area contributed by atoms with Crippen LogP contribution in [-0.2, 0) is 44.6 Å². The summed E-state index contributed by atoms with van der Waals surface area (Å²) in [6.45, 7) is 15.8. The first-order chi connectivity index (χ1) is 19.8. The van der Waals surface area contributed by atoms with Gasteiger partial charge in [-0.25, -0.2) is 0 Å². The summed E-state index contributed by atoms with van der Waals surface area (Å²) in [6, 6.07) is 0. The molecule has 0 saturated carbocycles. The molecule has 0 spiro atoms. The molecule has 0 bridgehead atoms. The zero-order chi connectivity index (χ0) is 32.3. The Morgan fingerprint density at radius 2 is 0.605 bits per heavy atom. The van der Waals surface area contributed by atoms with Crippen molar-refractivity contribution in [3.63, 3.8) is 0 Å². The molecule has 0 aromatic heterocycles. The molecule has 4 unspecified atom stereocenters. The maximum absolute atomic E-state index is 11.8. The second kappa shape index (κ2) is 31.4. The van der Waals surface area contributed by atoms with Gasteiger partial charge in [-0.15, -0.1) is 0 Å². The molecule has 0 heterocycles. The van der Waals surface area contributed by atoms with E-state index in [1.807, 2.05) is 0 Å². The molecule has 11 heteroatoms. The van der Waals surface area contributed by atoms with E-state index in [1.165, 1.54) is 51.4 Å². The summed E-state index contributed by atoms with van der Waals surface area (Å²) < 4.78 is 44.0. The van der Waals surface area contributed by atoms with Crippen LogP contribution in [0.1, 0.15) is 184 Å². The first-order valence-corrected chi connectivity index (χ1v) is 20.1. The summed E-state index contributed by atoms with van der Waals surface area (Å²) in [6.07, 6.45) is 19.8. The fourth-order valence-electron chi connectivity index (χ4n) is 4.58. The van der Waals surface area contributed by atoms with E-state index in [1.54, 1.807) is 27.7 Å². The molecule has 8 nitrogen and oxygen atoms in total. The molecule has 0 N–H and O–H groups in total. The Bertz CT molecular complexity index is 582. The monoisotopic (exact) mass is 694 g/mol. The van der Waals surface area contributed by atoms with Crippen LogP contribution >= 0.6 is 15.6 Å². The van der Waals surface area contributed by atoms with Crippen molar-refractivity contribution in [3.05, 3.63) is 0 Å². The van der Waals surface area contributed by atoms with Crippen molar-refractivity contribution in [2.45, 2.75) is 208 Å². The molecule has 43 heavy (non-hydrogen) atoms. The number of unbranched alkanes of at least 4 members (excludes halogenated alkanes) is 12. The molecule has 0 aliphatic rings. The Hall–Kier alpha value is 0.752. The fraction of sp³-hybridized carbons (Fsp3) is 1.00. The van der Waals surface area contributed by atoms with Gasteiger partial charge in [0.1, 0.15) is 0 Å². The van der Waals surface area contributed by atoms with Crippen LogP contribution in [0, 0.1) is 0 Å². The first kappa shape index (κ1) is 48.2. The molecule has 0 fully saturated rings. The van der Waals surface area contributed by atoms with Crippen LogP contribution in [0.5, 0.6) is 0 Å². The minimum absolute atomic E-state index is 0. The smallest absolute Gasteiger partial charge is 0.756 e. The molecule has 0 rings (SSSR count). The van der Waals surface area contributed by atoms with Crippen LogP contribution in [0.25, 0.3) is 0 Å². The fourth-order valence-corrected chi connectivity index (χ4v) is 6.86. The second-order valence-corrected chi connectivity index (χ2v) is 14.6. The van der Waals surface area contributed by atoms with Gasteiger partial charge in [-0.05, 0) is 53.4 Å². The normalized spacial score (nSPS) is 17.0. The maximum Gasteiger partial charge on any atom is 2.00 e. The number of rotatable bonds is 28. The molecule has 4 atom stereocenters. The van der Waals surface area contributed by atoms with Crippen molar-refractivity contribution in [1.82, 2.24) is 0 Å². The van der Waals surface area contributed by atoms with Gasteiger partial charge in [-0.3, -0.25) is 9.13 Å². The Morgan fingerprint density at radius 1 is 0.419 bits per heavy atom. The van der Waals surface area contributed by atoms with Crippen molar-refractivity contribution < 1.29 is 54.4 Å². The molecule has 0 aliphatic heterocycles. The molecule has 0 amide bonds. The zero-order valence-electron chi connectivity index (χ0n) is 29.0. The van der Waals surface area contributed by atoms with Gasteiger partial charge >= 0.3 is 17.4 Å². The minimum Gasteiger partial charge on any atom is -0.756 e. The minimum atomic E-state index is -4.17. The van der Waals surface area contributed by atoms with Gasteiger partial charge < -0.3 is 27.9 Å². The Balaban J connectivity index is -0.000000727. The van der Waals surface area contributed by atoms with E-state index in [2.05, 4.69) is 27.7 Å². The van der Waals surface area contributed by atoms with Crippen LogP contribution in [0.4, 0.5) is 0 Å². The molecule has 0 aromatic carbocycles. The summed E-state index contributed by atoms with van der Waals surface area (Å²) in [5.41, 5.74) is 0. The molecular weight excluding hydrogens is 626 g/mol. The van der Waals surface area contributed by atoms with Crippen molar-refractivity contribution >= 4 is 15.6 Å². The summed E-state index contributed by atoms with van der Waals surface area (Å²) >= 11 is 0. The molecule has 0 aromatic rings. The van der Waals surface area contributed by atoms with Crippen LogP contribution in [0.15, 0.2) is 0 Å². The molecule has 0 radical (unpaired) electrons. The topological polar surface area (TPSA) is 117 Å². The van der Waals surface area contributed by atoms with E-state index in [9.17, 15) is 18.9 Å². The van der Waals surface area contributed by atoms with E-state index >= 15 is 0 Å². The molecular formula is C32H68CrO8P2. The summed E-state index contributed by atoms with van der Waals surface area (Å²) in [7, 11) is -8.33. The van der Waals surface area contributed by atoms with Gasteiger partial charge in [-0.1, -0.05) is 130 Å². The maximum atomic E-state index is 11.8. The number of hydrogen-bond donors (Lipinski definition) is 0. The zero-order valence-corrected chi connectivity index (χ0v) is 32.1. The third-order valence-corrected chi connectivity index (χ3v) is 9.57. The van der Waals surface area contributed by atoms with Crippen LogP contribution in [0.2, 0.25) is 0 Å². The van der Waals surface area contributed by atoms with E-state index < -0.39 is 15.6 Å². The summed E-state index contributed by atoms with van der Waals surface area (Å²) in [5.74, 6) is 0. The largest absolute Gasteiger partial charge is 2.00 e. The number of phosphoric acid groups is 2. The van der Waals surface area contributed by atoms with Gasteiger partial charge in [0, 0.05) is 0 Å². The van der Waals surface area contributed by atoms with Crippen LogP contribution < -0.4 is 9.79 Å². The molecule has 260 valence electrons. The van der Waals surface area contributed by atoms with Gasteiger partial charge in [0.25, 0.3) is 15.6 Å². The van der Waals surface area contributed by atoms with Crippen LogP contribution in [0.3, 0.4) is 0 Å². The standard InChI is InChI=1S/2C16H35O4P.Cr/c2*1-5-7-9-11-13-15(3)19-21(17,18)20-16(4)14-12-10-8-6-2;/h2*15-16H,5-14H2,1-4H3,(H,17,18);/q;;+2/p-2. The van der Waals surface area contributed by atoms with Gasteiger partial charge in [0.05, 0.1) is 24.4 Å². The predicted octanol–water partition coefficient (Wildman–Crippen LogP) is 10.4. The van der Waals surface area contributed by atoms with Crippen molar-refractivity contribution in [3.8, 4) is 0 Å². The van der Waals surface area contributed by atoms with Crippen molar-refractivity contribution in [2.24, 2.45) is 0 Å². The van der Waals surface area contributed by atoms with Gasteiger partial charge in [0.15, 0.2) is 0 Å². The third kappa shape index (κ3) is 35.5. The van der Waals surface area contributed by atoms with E-state index in [4.69, 9.17) is 18.1 Å². The third-order valence-electron chi connectivity index (χ3n) is 7.09. The quantitative estimate of drug-likeness (QED) is 0.0587. The van der Waals surface area contributed by atoms with Gasteiger partial charge in [-0.2, -0.15) is 0 Å². The Morgan fingerprint density at radius 3 is 0.767 bits per heavy atom. The van der Waals surface area contributed by atoms with E-state index in [0.717, 1.165) is 77.0 Å². The Labute approximate surface area is 277 Å². The number of hydrogen-bond acceptors (Lipinski definition) is 8. The number of phosphoric ester groups is 2. The van der Waals surface area contributed by atoms with Crippen molar-refractivity contribution in [1.29, 1.82) is 0 Å². The molecule has 0 aliphatic carbocycles. The average Bonchev–Trinajstić information content (AvgIpc) is 2.89. The first-order valence-electron chi connectivity index (χ1n) is 17.2. The second-order valence-electron chi connectivity index (χ2n) is 12.0. The van der Waals surface area contributed by atoms with E-state index in [0.29, 0.717) is 0 Å². The van der Waals surface area contributed by atoms with Gasteiger partial charge in [0.2, 0.25) is 0 Å².